The van der Waals surface area contributed by atoms with Crippen molar-refractivity contribution in [2.75, 3.05) is 13.2 Å². The van der Waals surface area contributed by atoms with E-state index >= 15 is 0 Å². The van der Waals surface area contributed by atoms with Gasteiger partial charge in [-0.3, -0.25) is 9.59 Å². The normalized spacial score (nSPS) is 21.2. The molecule has 2 atom stereocenters. The van der Waals surface area contributed by atoms with Gasteiger partial charge in [-0.15, -0.1) is 0 Å². The number of Topliss-reactive ketones (excluding diaryl/α,β-unsaturated/α-hetero) is 1. The molecule has 1 N–H and O–H groups in total. The molecule has 0 aliphatic carbocycles. The van der Waals surface area contributed by atoms with E-state index in [4.69, 9.17) is 9.15 Å². The predicted octanol–water partition coefficient (Wildman–Crippen LogP) is 5.09. The maximum Gasteiger partial charge on any atom is 0.290 e. The Balaban J connectivity index is 1.59. The zero-order valence-corrected chi connectivity index (χ0v) is 18.5. The fraction of sp³-hybridized carbons (Fsp3) is 0.250. The molecule has 0 spiro atoms. The minimum atomic E-state index is -1.08. The van der Waals surface area contributed by atoms with E-state index in [-0.39, 0.29) is 29.5 Å². The highest BCUT2D eigenvalue weighted by molar-refractivity contribution is 9.10. The average Bonchev–Trinajstić information content (AvgIpc) is 3.49. The summed E-state index contributed by atoms with van der Waals surface area (Å²) >= 11 is 3.38. The van der Waals surface area contributed by atoms with Crippen molar-refractivity contribution in [2.24, 2.45) is 0 Å². The van der Waals surface area contributed by atoms with Gasteiger partial charge in [0.05, 0.1) is 17.7 Å². The minimum Gasteiger partial charge on any atom is -0.503 e. The molecule has 8 heteroatoms. The summed E-state index contributed by atoms with van der Waals surface area (Å²) in [5, 5.41) is 11.4. The Morgan fingerprint density at radius 1 is 1.22 bits per heavy atom. The molecule has 5 rings (SSSR count). The van der Waals surface area contributed by atoms with Crippen molar-refractivity contribution in [3.05, 3.63) is 81.5 Å². The Morgan fingerprint density at radius 3 is 2.78 bits per heavy atom. The number of hydrogen-bond acceptors (Lipinski definition) is 5. The minimum absolute atomic E-state index is 0.0345. The Bertz CT molecular complexity index is 1260. The van der Waals surface area contributed by atoms with Crippen LogP contribution in [0.4, 0.5) is 4.39 Å². The zero-order chi connectivity index (χ0) is 22.4. The molecular formula is C24H19BrFNO5. The molecule has 3 aromatic rings. The van der Waals surface area contributed by atoms with Crippen LogP contribution in [0.25, 0.3) is 11.0 Å². The maximum atomic E-state index is 14.8. The fourth-order valence-electron chi connectivity index (χ4n) is 4.36. The highest BCUT2D eigenvalue weighted by Crippen LogP contribution is 2.41. The van der Waals surface area contributed by atoms with E-state index in [1.165, 1.54) is 23.1 Å². The number of halogens is 2. The van der Waals surface area contributed by atoms with Crippen LogP contribution >= 0.6 is 15.9 Å². The Hall–Kier alpha value is -2.97. The van der Waals surface area contributed by atoms with Crippen LogP contribution in [-0.4, -0.2) is 41.0 Å². The molecule has 3 heterocycles. The van der Waals surface area contributed by atoms with Gasteiger partial charge in [0.25, 0.3) is 5.91 Å². The molecule has 1 saturated heterocycles. The van der Waals surface area contributed by atoms with Crippen LogP contribution in [0.15, 0.2) is 68.8 Å². The fourth-order valence-corrected chi connectivity index (χ4v) is 4.74. The summed E-state index contributed by atoms with van der Waals surface area (Å²) in [6.45, 7) is 0.725. The molecule has 2 aliphatic rings. The van der Waals surface area contributed by atoms with Gasteiger partial charge < -0.3 is 19.2 Å². The molecule has 32 heavy (non-hydrogen) atoms. The van der Waals surface area contributed by atoms with Gasteiger partial charge in [-0.2, -0.15) is 0 Å². The van der Waals surface area contributed by atoms with Crippen molar-refractivity contribution >= 4 is 38.6 Å². The van der Waals surface area contributed by atoms with Crippen LogP contribution in [0.1, 0.15) is 35.0 Å². The molecule has 2 aromatic carbocycles. The average molecular weight is 500 g/mol. The summed E-state index contributed by atoms with van der Waals surface area (Å²) < 4.78 is 27.0. The van der Waals surface area contributed by atoms with E-state index in [1.807, 2.05) is 0 Å². The van der Waals surface area contributed by atoms with Crippen molar-refractivity contribution in [1.82, 2.24) is 4.90 Å². The number of hydrogen-bond donors (Lipinski definition) is 1. The lowest BCUT2D eigenvalue weighted by molar-refractivity contribution is -0.131. The second kappa shape index (κ2) is 8.18. The van der Waals surface area contributed by atoms with Gasteiger partial charge in [0.2, 0.25) is 5.78 Å². The predicted molar refractivity (Wildman–Crippen MR) is 118 cm³/mol. The van der Waals surface area contributed by atoms with E-state index < -0.39 is 29.3 Å². The molecule has 2 aliphatic heterocycles. The van der Waals surface area contributed by atoms with Gasteiger partial charge in [0, 0.05) is 28.6 Å². The number of carbonyl (C=O) groups is 2. The number of furan rings is 1. The molecule has 0 bridgehead atoms. The van der Waals surface area contributed by atoms with Crippen LogP contribution in [0.5, 0.6) is 0 Å². The van der Waals surface area contributed by atoms with Gasteiger partial charge in [-0.05, 0) is 43.2 Å². The third-order valence-electron chi connectivity index (χ3n) is 5.87. The van der Waals surface area contributed by atoms with E-state index in [2.05, 4.69) is 15.9 Å². The van der Waals surface area contributed by atoms with E-state index in [0.29, 0.717) is 17.6 Å². The third-order valence-corrected chi connectivity index (χ3v) is 6.37. The highest BCUT2D eigenvalue weighted by Gasteiger charge is 2.46. The van der Waals surface area contributed by atoms with Crippen LogP contribution < -0.4 is 0 Å². The number of aliphatic hydroxyl groups excluding tert-OH is 1. The van der Waals surface area contributed by atoms with Gasteiger partial charge in [-0.1, -0.05) is 34.1 Å². The van der Waals surface area contributed by atoms with Gasteiger partial charge in [0.1, 0.15) is 11.4 Å². The first-order valence-corrected chi connectivity index (χ1v) is 11.1. The lowest BCUT2D eigenvalue weighted by atomic mass is 9.94. The zero-order valence-electron chi connectivity index (χ0n) is 16.9. The summed E-state index contributed by atoms with van der Waals surface area (Å²) in [6, 6.07) is 11.7. The summed E-state index contributed by atoms with van der Waals surface area (Å²) in [4.78, 5) is 27.8. The molecule has 1 amide bonds. The topological polar surface area (TPSA) is 80.0 Å². The number of rotatable bonds is 5. The lowest BCUT2D eigenvalue weighted by Crippen LogP contribution is -2.37. The third kappa shape index (κ3) is 3.53. The molecule has 6 nitrogen and oxygen atoms in total. The van der Waals surface area contributed by atoms with Crippen LogP contribution in [-0.2, 0) is 9.53 Å². The van der Waals surface area contributed by atoms with Gasteiger partial charge >= 0.3 is 0 Å². The van der Waals surface area contributed by atoms with Crippen LogP contribution in [0.3, 0.4) is 0 Å². The van der Waals surface area contributed by atoms with E-state index in [1.54, 1.807) is 30.3 Å². The standard InChI is InChI=1S/C24H19BrFNO5/c25-14-7-8-18-13(10-14)11-19(32-18)22(28)20-21(16-5-1-2-6-17(16)26)27(24(30)23(20)29)12-15-4-3-9-31-15/h1-2,5-8,10-11,15,21,29H,3-4,9,12H2. The molecule has 2 unspecified atom stereocenters. The molecule has 164 valence electrons. The first kappa shape index (κ1) is 20.9. The van der Waals surface area contributed by atoms with Crippen molar-refractivity contribution in [3.8, 4) is 0 Å². The number of nitrogens with zero attached hydrogens (tertiary/aromatic N) is 1. The molecule has 1 aromatic heterocycles. The van der Waals surface area contributed by atoms with Gasteiger partial charge in [0.15, 0.2) is 11.5 Å². The first-order chi connectivity index (χ1) is 15.4. The maximum absolute atomic E-state index is 14.8. The number of carbonyl (C=O) groups excluding carboxylic acids is 2. The summed E-state index contributed by atoms with van der Waals surface area (Å²) in [5.74, 6) is -2.69. The summed E-state index contributed by atoms with van der Waals surface area (Å²) in [5.41, 5.74) is 0.418. The molecule has 1 fully saturated rings. The highest BCUT2D eigenvalue weighted by atomic mass is 79.9. The van der Waals surface area contributed by atoms with Crippen LogP contribution in [0.2, 0.25) is 0 Å². The van der Waals surface area contributed by atoms with Crippen molar-refractivity contribution in [2.45, 2.75) is 25.0 Å². The number of aliphatic hydroxyl groups is 1. The molecule has 0 saturated carbocycles. The second-order valence-corrected chi connectivity index (χ2v) is 8.82. The first-order valence-electron chi connectivity index (χ1n) is 10.3. The summed E-state index contributed by atoms with van der Waals surface area (Å²) in [6.07, 6.45) is 1.37. The molecular weight excluding hydrogens is 481 g/mol. The largest absolute Gasteiger partial charge is 0.503 e. The SMILES string of the molecule is O=C(C1=C(O)C(=O)N(CC2CCCO2)C1c1ccccc1F)c1cc2cc(Br)ccc2o1. The van der Waals surface area contributed by atoms with E-state index in [0.717, 1.165) is 17.3 Å². The number of amides is 1. The quantitative estimate of drug-likeness (QED) is 0.494. The van der Waals surface area contributed by atoms with Crippen molar-refractivity contribution in [1.29, 1.82) is 0 Å². The monoisotopic (exact) mass is 499 g/mol. The van der Waals surface area contributed by atoms with Crippen LogP contribution in [0, 0.1) is 5.82 Å². The molecule has 0 radical (unpaired) electrons. The van der Waals surface area contributed by atoms with Crippen molar-refractivity contribution < 1.29 is 28.2 Å². The lowest BCUT2D eigenvalue weighted by Gasteiger charge is -2.29. The number of ketones is 1. The smallest absolute Gasteiger partial charge is 0.290 e. The van der Waals surface area contributed by atoms with E-state index in [9.17, 15) is 19.1 Å². The summed E-state index contributed by atoms with van der Waals surface area (Å²) in [7, 11) is 0. The Morgan fingerprint density at radius 2 is 2.03 bits per heavy atom. The Kier molecular flexibility index (Phi) is 5.35. The number of ether oxygens (including phenoxy) is 1. The Labute approximate surface area is 191 Å². The number of benzene rings is 2. The van der Waals surface area contributed by atoms with Crippen molar-refractivity contribution in [3.63, 3.8) is 0 Å². The van der Waals surface area contributed by atoms with Gasteiger partial charge in [-0.25, -0.2) is 4.39 Å². The second-order valence-electron chi connectivity index (χ2n) is 7.90. The number of fused-ring (bicyclic) bond motifs is 1.